The summed E-state index contributed by atoms with van der Waals surface area (Å²) >= 11 is 0. The summed E-state index contributed by atoms with van der Waals surface area (Å²) in [4.78, 5) is 12.2. The predicted molar refractivity (Wildman–Crippen MR) is 92.1 cm³/mol. The van der Waals surface area contributed by atoms with Gasteiger partial charge in [-0.2, -0.15) is 5.10 Å². The molecule has 2 aliphatic heterocycles. The number of carbonyl (C=O) groups is 1. The third-order valence-electron chi connectivity index (χ3n) is 4.82. The molecule has 132 valence electrons. The number of fused-ring (bicyclic) bond motifs is 1. The molecule has 25 heavy (non-hydrogen) atoms. The molecule has 0 bridgehead atoms. The van der Waals surface area contributed by atoms with Crippen molar-refractivity contribution in [1.29, 1.82) is 0 Å². The van der Waals surface area contributed by atoms with E-state index < -0.39 is 0 Å². The Hall–Kier alpha value is -2.18. The van der Waals surface area contributed by atoms with Gasteiger partial charge in [-0.3, -0.25) is 9.48 Å². The molecule has 2 aromatic rings. The second-order valence-corrected chi connectivity index (χ2v) is 6.64. The van der Waals surface area contributed by atoms with Crippen molar-refractivity contribution in [2.75, 3.05) is 26.4 Å². The van der Waals surface area contributed by atoms with E-state index in [1.807, 2.05) is 22.9 Å². The first kappa shape index (κ1) is 16.3. The molecule has 1 fully saturated rings. The van der Waals surface area contributed by atoms with Crippen LogP contribution in [0.1, 0.15) is 29.3 Å². The van der Waals surface area contributed by atoms with Gasteiger partial charge < -0.3 is 14.8 Å². The predicted octanol–water partition coefficient (Wildman–Crippen LogP) is 1.70. The number of hydrogen-bond donors (Lipinski definition) is 1. The Morgan fingerprint density at radius 2 is 2.16 bits per heavy atom. The average Bonchev–Trinajstić information content (AvgIpc) is 3.30. The van der Waals surface area contributed by atoms with E-state index in [4.69, 9.17) is 14.6 Å². The van der Waals surface area contributed by atoms with Gasteiger partial charge in [0.15, 0.2) is 0 Å². The van der Waals surface area contributed by atoms with Crippen LogP contribution in [0.4, 0.5) is 0 Å². The Morgan fingerprint density at radius 3 is 2.96 bits per heavy atom. The van der Waals surface area contributed by atoms with Crippen LogP contribution in [0.25, 0.3) is 0 Å². The summed E-state index contributed by atoms with van der Waals surface area (Å²) in [5.41, 5.74) is 3.38. The second kappa shape index (κ2) is 7.37. The summed E-state index contributed by atoms with van der Waals surface area (Å²) in [6.45, 7) is 3.06. The highest BCUT2D eigenvalue weighted by atomic mass is 16.5. The molecule has 0 radical (unpaired) electrons. The molecule has 2 unspecified atom stereocenters. The minimum Gasteiger partial charge on any atom is -0.381 e. The third-order valence-corrected chi connectivity index (χ3v) is 4.82. The Morgan fingerprint density at radius 1 is 1.28 bits per heavy atom. The van der Waals surface area contributed by atoms with Crippen LogP contribution in [0, 0.1) is 5.92 Å². The van der Waals surface area contributed by atoms with Crippen molar-refractivity contribution in [3.63, 3.8) is 0 Å². The summed E-state index contributed by atoms with van der Waals surface area (Å²) in [6.07, 6.45) is 3.59. The monoisotopic (exact) mass is 341 g/mol. The van der Waals surface area contributed by atoms with Gasteiger partial charge in [0.2, 0.25) is 5.91 Å². The Kier molecular flexibility index (Phi) is 4.81. The van der Waals surface area contributed by atoms with Crippen LogP contribution < -0.4 is 5.32 Å². The maximum atomic E-state index is 12.2. The second-order valence-electron chi connectivity index (χ2n) is 6.64. The Labute approximate surface area is 147 Å². The number of aromatic nitrogens is 2. The highest BCUT2D eigenvalue weighted by molar-refractivity contribution is 5.79. The number of nitrogens with one attached hydrogen (secondary N) is 1. The number of hydrogen-bond acceptors (Lipinski definition) is 4. The number of benzene rings is 1. The van der Waals surface area contributed by atoms with E-state index in [0.717, 1.165) is 25.1 Å². The molecule has 6 heteroatoms. The molecular weight excluding hydrogens is 318 g/mol. The first-order chi connectivity index (χ1) is 12.3. The summed E-state index contributed by atoms with van der Waals surface area (Å²) in [5, 5.41) is 7.72. The van der Waals surface area contributed by atoms with Gasteiger partial charge in [-0.05, 0) is 24.0 Å². The molecule has 1 aromatic heterocycles. The van der Waals surface area contributed by atoms with Gasteiger partial charge >= 0.3 is 0 Å². The smallest absolute Gasteiger partial charge is 0.225 e. The molecule has 1 amide bonds. The fourth-order valence-electron chi connectivity index (χ4n) is 3.42. The average molecular weight is 341 g/mol. The zero-order chi connectivity index (χ0) is 17.1. The van der Waals surface area contributed by atoms with E-state index in [9.17, 15) is 4.79 Å². The minimum absolute atomic E-state index is 0.0290. The van der Waals surface area contributed by atoms with Crippen LogP contribution in [-0.2, 0) is 27.2 Å². The molecule has 0 aliphatic carbocycles. The number of nitrogens with zero attached hydrogens (tertiary/aromatic N) is 2. The third kappa shape index (κ3) is 3.75. The van der Waals surface area contributed by atoms with E-state index in [0.29, 0.717) is 26.4 Å². The SMILES string of the molecule is O=C(NCC1OCCc2cn(Cc3ccccc3)nc21)C1CCOC1. The summed E-state index contributed by atoms with van der Waals surface area (Å²) in [6, 6.07) is 10.3. The molecule has 4 rings (SSSR count). The molecule has 6 nitrogen and oxygen atoms in total. The highest BCUT2D eigenvalue weighted by Crippen LogP contribution is 2.25. The standard InChI is InChI=1S/C19H23N3O3/c23-19(16-6-8-24-13-16)20-10-17-18-15(7-9-25-17)12-22(21-18)11-14-4-2-1-3-5-14/h1-5,12,16-17H,6-11,13H2,(H,20,23). The van der Waals surface area contributed by atoms with Crippen LogP contribution in [0.15, 0.2) is 36.5 Å². The molecule has 3 heterocycles. The normalized spacial score (nSPS) is 22.6. The lowest BCUT2D eigenvalue weighted by Gasteiger charge is -2.22. The van der Waals surface area contributed by atoms with Crippen molar-refractivity contribution in [1.82, 2.24) is 15.1 Å². The number of amides is 1. The molecular formula is C19H23N3O3. The fraction of sp³-hybridized carbons (Fsp3) is 0.474. The fourth-order valence-corrected chi connectivity index (χ4v) is 3.42. The summed E-state index contributed by atoms with van der Waals surface area (Å²) < 4.78 is 13.1. The molecule has 2 atom stereocenters. The van der Waals surface area contributed by atoms with Crippen molar-refractivity contribution in [2.24, 2.45) is 5.92 Å². The largest absolute Gasteiger partial charge is 0.381 e. The molecule has 2 aliphatic rings. The van der Waals surface area contributed by atoms with Gasteiger partial charge in [-0.1, -0.05) is 30.3 Å². The van der Waals surface area contributed by atoms with Crippen LogP contribution in [0.3, 0.4) is 0 Å². The topological polar surface area (TPSA) is 65.4 Å². The molecule has 1 saturated heterocycles. The van der Waals surface area contributed by atoms with Crippen molar-refractivity contribution in [3.8, 4) is 0 Å². The van der Waals surface area contributed by atoms with Crippen molar-refractivity contribution >= 4 is 5.91 Å². The van der Waals surface area contributed by atoms with Gasteiger partial charge in [0.05, 0.1) is 31.4 Å². The highest BCUT2D eigenvalue weighted by Gasteiger charge is 2.28. The van der Waals surface area contributed by atoms with Gasteiger partial charge in [0.25, 0.3) is 0 Å². The van der Waals surface area contributed by atoms with Crippen LogP contribution >= 0.6 is 0 Å². The van der Waals surface area contributed by atoms with Crippen molar-refractivity contribution < 1.29 is 14.3 Å². The number of rotatable bonds is 5. The lowest BCUT2D eigenvalue weighted by molar-refractivity contribution is -0.125. The zero-order valence-corrected chi connectivity index (χ0v) is 14.2. The van der Waals surface area contributed by atoms with E-state index in [1.165, 1.54) is 11.1 Å². The number of carbonyl (C=O) groups excluding carboxylic acids is 1. The molecule has 1 aromatic carbocycles. The van der Waals surface area contributed by atoms with Crippen LogP contribution in [0.2, 0.25) is 0 Å². The summed E-state index contributed by atoms with van der Waals surface area (Å²) in [7, 11) is 0. The summed E-state index contributed by atoms with van der Waals surface area (Å²) in [5.74, 6) is 0.0237. The van der Waals surface area contributed by atoms with E-state index in [2.05, 4.69) is 23.6 Å². The van der Waals surface area contributed by atoms with Crippen molar-refractivity contribution in [2.45, 2.75) is 25.5 Å². The van der Waals surface area contributed by atoms with Gasteiger partial charge in [-0.25, -0.2) is 0 Å². The van der Waals surface area contributed by atoms with E-state index >= 15 is 0 Å². The van der Waals surface area contributed by atoms with Gasteiger partial charge in [-0.15, -0.1) is 0 Å². The van der Waals surface area contributed by atoms with E-state index in [1.54, 1.807) is 0 Å². The lowest BCUT2D eigenvalue weighted by atomic mass is 10.1. The number of ether oxygens (including phenoxy) is 2. The zero-order valence-electron chi connectivity index (χ0n) is 14.2. The maximum absolute atomic E-state index is 12.2. The molecule has 0 spiro atoms. The first-order valence-electron chi connectivity index (χ1n) is 8.87. The molecule has 1 N–H and O–H groups in total. The van der Waals surface area contributed by atoms with E-state index in [-0.39, 0.29) is 17.9 Å². The lowest BCUT2D eigenvalue weighted by Crippen LogP contribution is -2.36. The van der Waals surface area contributed by atoms with Crippen LogP contribution in [-0.4, -0.2) is 42.1 Å². The van der Waals surface area contributed by atoms with Crippen LogP contribution in [0.5, 0.6) is 0 Å². The quantitative estimate of drug-likeness (QED) is 0.899. The minimum atomic E-state index is -0.174. The first-order valence-corrected chi connectivity index (χ1v) is 8.87. The van der Waals surface area contributed by atoms with Gasteiger partial charge in [0, 0.05) is 19.3 Å². The molecule has 0 saturated carbocycles. The Balaban J connectivity index is 1.41. The maximum Gasteiger partial charge on any atom is 0.225 e. The Bertz CT molecular complexity index is 723. The van der Waals surface area contributed by atoms with Crippen molar-refractivity contribution in [3.05, 3.63) is 53.3 Å². The van der Waals surface area contributed by atoms with Gasteiger partial charge in [0.1, 0.15) is 6.10 Å².